The molecule has 0 spiro atoms. The van der Waals surface area contributed by atoms with Crippen LogP contribution in [0.25, 0.3) is 11.3 Å². The molecular weight excluding hydrogens is 340 g/mol. The summed E-state index contributed by atoms with van der Waals surface area (Å²) in [6.45, 7) is 8.35. The minimum absolute atomic E-state index is 0.00282. The van der Waals surface area contributed by atoms with Crippen molar-refractivity contribution in [3.63, 3.8) is 0 Å². The van der Waals surface area contributed by atoms with Gasteiger partial charge in [-0.1, -0.05) is 55.0 Å². The lowest BCUT2D eigenvalue weighted by Crippen LogP contribution is -2.20. The molecule has 1 amide bonds. The van der Waals surface area contributed by atoms with Gasteiger partial charge in [-0.15, -0.1) is 11.3 Å². The predicted octanol–water partition coefficient (Wildman–Crippen LogP) is 5.87. The van der Waals surface area contributed by atoms with E-state index in [0.29, 0.717) is 5.13 Å². The first-order chi connectivity index (χ1) is 12.5. The number of aryl methyl sites for hydroxylation is 3. The topological polar surface area (TPSA) is 42.0 Å². The second-order valence-electron chi connectivity index (χ2n) is 6.67. The van der Waals surface area contributed by atoms with Crippen molar-refractivity contribution in [1.29, 1.82) is 0 Å². The third-order valence-electron chi connectivity index (χ3n) is 4.59. The number of nitrogens with one attached hydrogen (secondary N) is 1. The van der Waals surface area contributed by atoms with E-state index in [4.69, 9.17) is 0 Å². The van der Waals surface area contributed by atoms with Crippen LogP contribution in [0, 0.1) is 20.8 Å². The molecular formula is C22H24N2OS. The second-order valence-corrected chi connectivity index (χ2v) is 7.53. The van der Waals surface area contributed by atoms with Crippen molar-refractivity contribution in [2.75, 3.05) is 5.32 Å². The van der Waals surface area contributed by atoms with Crippen molar-refractivity contribution in [3.05, 3.63) is 70.1 Å². The first-order valence-corrected chi connectivity index (χ1v) is 9.77. The van der Waals surface area contributed by atoms with Gasteiger partial charge in [0.1, 0.15) is 0 Å². The maximum Gasteiger partial charge on any atom is 0.233 e. The third-order valence-corrected chi connectivity index (χ3v) is 5.35. The van der Waals surface area contributed by atoms with Crippen LogP contribution in [0.2, 0.25) is 0 Å². The average molecular weight is 365 g/mol. The number of carbonyl (C=O) groups is 1. The van der Waals surface area contributed by atoms with Gasteiger partial charge >= 0.3 is 0 Å². The zero-order chi connectivity index (χ0) is 18.7. The minimum Gasteiger partial charge on any atom is -0.301 e. The molecule has 134 valence electrons. The zero-order valence-electron chi connectivity index (χ0n) is 15.7. The van der Waals surface area contributed by atoms with Crippen LogP contribution in [0.1, 0.15) is 41.5 Å². The highest BCUT2D eigenvalue weighted by molar-refractivity contribution is 7.14. The summed E-state index contributed by atoms with van der Waals surface area (Å²) in [7, 11) is 0. The lowest BCUT2D eigenvalue weighted by molar-refractivity contribution is -0.117. The van der Waals surface area contributed by atoms with Gasteiger partial charge < -0.3 is 5.32 Å². The smallest absolute Gasteiger partial charge is 0.233 e. The minimum atomic E-state index is -0.161. The number of hydrogen-bond donors (Lipinski definition) is 1. The van der Waals surface area contributed by atoms with Gasteiger partial charge in [-0.3, -0.25) is 4.79 Å². The summed E-state index contributed by atoms with van der Waals surface area (Å²) in [5.41, 5.74) is 6.79. The Morgan fingerprint density at radius 2 is 1.77 bits per heavy atom. The van der Waals surface area contributed by atoms with Gasteiger partial charge in [0.05, 0.1) is 11.6 Å². The molecule has 3 rings (SSSR count). The zero-order valence-corrected chi connectivity index (χ0v) is 16.5. The van der Waals surface area contributed by atoms with E-state index in [1.54, 1.807) is 0 Å². The fraction of sp³-hybridized carbons (Fsp3) is 0.273. The number of benzene rings is 2. The number of thiazole rings is 1. The Morgan fingerprint density at radius 1 is 1.12 bits per heavy atom. The van der Waals surface area contributed by atoms with Crippen molar-refractivity contribution in [2.45, 2.75) is 40.0 Å². The average Bonchev–Trinajstić information content (AvgIpc) is 3.03. The highest BCUT2D eigenvalue weighted by Gasteiger charge is 2.20. The fourth-order valence-electron chi connectivity index (χ4n) is 3.48. The Kier molecular flexibility index (Phi) is 5.52. The lowest BCUT2D eigenvalue weighted by Gasteiger charge is -2.14. The van der Waals surface area contributed by atoms with Crippen molar-refractivity contribution in [3.8, 4) is 11.3 Å². The van der Waals surface area contributed by atoms with E-state index in [1.165, 1.54) is 28.0 Å². The van der Waals surface area contributed by atoms with E-state index in [0.717, 1.165) is 23.2 Å². The van der Waals surface area contributed by atoms with Gasteiger partial charge in [-0.05, 0) is 43.9 Å². The number of hydrogen-bond acceptors (Lipinski definition) is 3. The van der Waals surface area contributed by atoms with Crippen LogP contribution in [0.5, 0.6) is 0 Å². The van der Waals surface area contributed by atoms with Gasteiger partial charge in [0.2, 0.25) is 5.91 Å². The summed E-state index contributed by atoms with van der Waals surface area (Å²) in [5, 5.41) is 5.67. The van der Waals surface area contributed by atoms with Crippen molar-refractivity contribution >= 4 is 22.4 Å². The van der Waals surface area contributed by atoms with Gasteiger partial charge in [-0.25, -0.2) is 4.98 Å². The van der Waals surface area contributed by atoms with E-state index in [9.17, 15) is 4.79 Å². The number of aromatic nitrogens is 1. The van der Waals surface area contributed by atoms with Crippen LogP contribution in [-0.4, -0.2) is 10.9 Å². The molecule has 0 aliphatic heterocycles. The van der Waals surface area contributed by atoms with Gasteiger partial charge in [-0.2, -0.15) is 0 Å². The molecule has 0 aliphatic rings. The first-order valence-electron chi connectivity index (χ1n) is 8.89. The number of amides is 1. The molecule has 0 saturated carbocycles. The molecule has 1 N–H and O–H groups in total. The van der Waals surface area contributed by atoms with Gasteiger partial charge in [0.15, 0.2) is 5.13 Å². The number of rotatable bonds is 5. The SMILES string of the molecule is CC[C@@H](C(=O)Nc1nc(-c2c(C)cc(C)cc2C)cs1)c1ccccc1. The summed E-state index contributed by atoms with van der Waals surface area (Å²) >= 11 is 1.47. The summed E-state index contributed by atoms with van der Waals surface area (Å²) in [6.07, 6.45) is 0.754. The Hall–Kier alpha value is -2.46. The van der Waals surface area contributed by atoms with E-state index in [-0.39, 0.29) is 11.8 Å². The quantitative estimate of drug-likeness (QED) is 0.615. The molecule has 1 aromatic heterocycles. The molecule has 1 atom stereocenters. The van der Waals surface area contributed by atoms with Crippen molar-refractivity contribution in [1.82, 2.24) is 4.98 Å². The summed E-state index contributed by atoms with van der Waals surface area (Å²) < 4.78 is 0. The van der Waals surface area contributed by atoms with Crippen molar-refractivity contribution < 1.29 is 4.79 Å². The monoisotopic (exact) mass is 364 g/mol. The van der Waals surface area contributed by atoms with Crippen LogP contribution < -0.4 is 5.32 Å². The lowest BCUT2D eigenvalue weighted by atomic mass is 9.96. The van der Waals surface area contributed by atoms with Crippen molar-refractivity contribution in [2.24, 2.45) is 0 Å². The molecule has 4 heteroatoms. The van der Waals surface area contributed by atoms with Gasteiger partial charge in [0, 0.05) is 10.9 Å². The fourth-order valence-corrected chi connectivity index (χ4v) is 4.18. The Bertz CT molecular complexity index is 892. The molecule has 3 aromatic rings. The van der Waals surface area contributed by atoms with E-state index in [1.807, 2.05) is 42.6 Å². The molecule has 0 aliphatic carbocycles. The highest BCUT2D eigenvalue weighted by Crippen LogP contribution is 2.31. The number of nitrogens with zero attached hydrogens (tertiary/aromatic N) is 1. The Labute approximate surface area is 159 Å². The number of carbonyl (C=O) groups excluding carboxylic acids is 1. The molecule has 0 saturated heterocycles. The maximum absolute atomic E-state index is 12.7. The molecule has 3 nitrogen and oxygen atoms in total. The largest absolute Gasteiger partial charge is 0.301 e. The summed E-state index contributed by atoms with van der Waals surface area (Å²) in [6, 6.07) is 14.2. The number of anilines is 1. The molecule has 0 fully saturated rings. The standard InChI is InChI=1S/C22H24N2OS/c1-5-18(17-9-7-6-8-10-17)21(25)24-22-23-19(13-26-22)20-15(3)11-14(2)12-16(20)4/h6-13,18H,5H2,1-4H3,(H,23,24,25)/t18-/m1/s1. The summed E-state index contributed by atoms with van der Waals surface area (Å²) in [4.78, 5) is 17.4. The normalized spacial score (nSPS) is 12.0. The first kappa shape index (κ1) is 18.3. The second kappa shape index (κ2) is 7.83. The molecule has 0 bridgehead atoms. The van der Waals surface area contributed by atoms with Crippen LogP contribution in [0.4, 0.5) is 5.13 Å². The van der Waals surface area contributed by atoms with Gasteiger partial charge in [0.25, 0.3) is 0 Å². The summed E-state index contributed by atoms with van der Waals surface area (Å²) in [5.74, 6) is -0.164. The van der Waals surface area contributed by atoms with E-state index in [2.05, 4.69) is 43.2 Å². The highest BCUT2D eigenvalue weighted by atomic mass is 32.1. The van der Waals surface area contributed by atoms with E-state index < -0.39 is 0 Å². The maximum atomic E-state index is 12.7. The molecule has 1 heterocycles. The van der Waals surface area contributed by atoms with Crippen LogP contribution in [0.15, 0.2) is 47.8 Å². The molecule has 0 radical (unpaired) electrons. The molecule has 26 heavy (non-hydrogen) atoms. The van der Waals surface area contributed by atoms with Crippen LogP contribution >= 0.6 is 11.3 Å². The van der Waals surface area contributed by atoms with E-state index >= 15 is 0 Å². The van der Waals surface area contributed by atoms with Crippen LogP contribution in [0.3, 0.4) is 0 Å². The molecule has 0 unspecified atom stereocenters. The predicted molar refractivity (Wildman–Crippen MR) is 110 cm³/mol. The van der Waals surface area contributed by atoms with Crippen LogP contribution in [-0.2, 0) is 4.79 Å². The third kappa shape index (κ3) is 3.86. The molecule has 2 aromatic carbocycles. The Morgan fingerprint density at radius 3 is 2.38 bits per heavy atom. The Balaban J connectivity index is 1.82.